The van der Waals surface area contributed by atoms with E-state index in [1.54, 1.807) is 19.4 Å². The number of alkyl carbamates (subject to hydrolysis) is 1. The van der Waals surface area contributed by atoms with Crippen LogP contribution in [-0.2, 0) is 16.1 Å². The van der Waals surface area contributed by atoms with Gasteiger partial charge in [-0.15, -0.1) is 0 Å². The predicted molar refractivity (Wildman–Crippen MR) is 71.9 cm³/mol. The minimum Gasteiger partial charge on any atom is -0.453 e. The Morgan fingerprint density at radius 1 is 1.50 bits per heavy atom. The molecule has 2 N–H and O–H groups in total. The van der Waals surface area contributed by atoms with E-state index >= 15 is 0 Å². The summed E-state index contributed by atoms with van der Waals surface area (Å²) in [7, 11) is 1.27. The summed E-state index contributed by atoms with van der Waals surface area (Å²) in [5.41, 5.74) is 0.126. The molecule has 1 heterocycles. The molecule has 1 aliphatic carbocycles. The molecule has 1 aliphatic rings. The number of aromatic nitrogens is 2. The third-order valence-corrected chi connectivity index (χ3v) is 3.58. The van der Waals surface area contributed by atoms with Gasteiger partial charge in [0.15, 0.2) is 0 Å². The van der Waals surface area contributed by atoms with Crippen molar-refractivity contribution in [3.63, 3.8) is 0 Å². The Morgan fingerprint density at radius 3 is 2.80 bits per heavy atom. The number of carbonyl (C=O) groups excluding carboxylic acids is 2. The SMILES string of the molecule is COC(=O)NC(C)C(=O)NCC1(Cn2ccnc2)CC1. The summed E-state index contributed by atoms with van der Waals surface area (Å²) < 4.78 is 6.48. The molecule has 0 bridgehead atoms. The Hall–Kier alpha value is -2.05. The maximum absolute atomic E-state index is 11.9. The average Bonchev–Trinajstić information content (AvgIpc) is 3.00. The second-order valence-corrected chi connectivity index (χ2v) is 5.31. The van der Waals surface area contributed by atoms with E-state index in [1.165, 1.54) is 7.11 Å². The number of amides is 2. The van der Waals surface area contributed by atoms with Crippen molar-refractivity contribution in [3.05, 3.63) is 18.7 Å². The topological polar surface area (TPSA) is 85.2 Å². The largest absolute Gasteiger partial charge is 0.453 e. The number of hydrogen-bond donors (Lipinski definition) is 2. The lowest BCUT2D eigenvalue weighted by Gasteiger charge is -2.19. The second-order valence-electron chi connectivity index (χ2n) is 5.31. The Labute approximate surface area is 117 Å². The Balaban J connectivity index is 1.77. The molecule has 2 amide bonds. The number of nitrogens with zero attached hydrogens (tertiary/aromatic N) is 2. The van der Waals surface area contributed by atoms with E-state index < -0.39 is 12.1 Å². The molecule has 0 aromatic carbocycles. The first-order valence-electron chi connectivity index (χ1n) is 6.63. The van der Waals surface area contributed by atoms with Gasteiger partial charge in [-0.1, -0.05) is 0 Å². The number of ether oxygens (including phenoxy) is 1. The van der Waals surface area contributed by atoms with E-state index in [9.17, 15) is 9.59 Å². The fraction of sp³-hybridized carbons (Fsp3) is 0.615. The van der Waals surface area contributed by atoms with Gasteiger partial charge < -0.3 is 19.9 Å². The molecular weight excluding hydrogens is 260 g/mol. The zero-order chi connectivity index (χ0) is 14.6. The lowest BCUT2D eigenvalue weighted by molar-refractivity contribution is -0.122. The van der Waals surface area contributed by atoms with Gasteiger partial charge in [-0.2, -0.15) is 0 Å². The molecule has 20 heavy (non-hydrogen) atoms. The van der Waals surface area contributed by atoms with Crippen molar-refractivity contribution in [1.29, 1.82) is 0 Å². The van der Waals surface area contributed by atoms with Gasteiger partial charge in [0.05, 0.1) is 13.4 Å². The normalized spacial score (nSPS) is 17.1. The molecule has 0 aliphatic heterocycles. The van der Waals surface area contributed by atoms with Crippen LogP contribution < -0.4 is 10.6 Å². The van der Waals surface area contributed by atoms with Crippen LogP contribution in [-0.4, -0.2) is 41.2 Å². The molecule has 0 radical (unpaired) electrons. The summed E-state index contributed by atoms with van der Waals surface area (Å²) >= 11 is 0. The van der Waals surface area contributed by atoms with Crippen LogP contribution in [0.2, 0.25) is 0 Å². The summed E-state index contributed by atoms with van der Waals surface area (Å²) in [6, 6.07) is -0.605. The molecule has 1 saturated carbocycles. The molecule has 1 aromatic rings. The number of nitrogens with one attached hydrogen (secondary N) is 2. The third kappa shape index (κ3) is 3.72. The number of carbonyl (C=O) groups is 2. The quantitative estimate of drug-likeness (QED) is 0.795. The van der Waals surface area contributed by atoms with E-state index in [1.807, 2.05) is 10.8 Å². The Bertz CT molecular complexity index is 468. The van der Waals surface area contributed by atoms with Crippen LogP contribution in [0.3, 0.4) is 0 Å². The molecule has 2 rings (SSSR count). The second kappa shape index (κ2) is 5.94. The van der Waals surface area contributed by atoms with Crippen molar-refractivity contribution >= 4 is 12.0 Å². The number of imidazole rings is 1. The minimum absolute atomic E-state index is 0.126. The summed E-state index contributed by atoms with van der Waals surface area (Å²) in [4.78, 5) is 26.9. The zero-order valence-electron chi connectivity index (χ0n) is 11.8. The predicted octanol–water partition coefficient (Wildman–Crippen LogP) is 0.524. The van der Waals surface area contributed by atoms with E-state index in [0.29, 0.717) is 6.54 Å². The molecule has 110 valence electrons. The summed E-state index contributed by atoms with van der Waals surface area (Å²) in [6.45, 7) is 3.09. The number of methoxy groups -OCH3 is 1. The zero-order valence-corrected chi connectivity index (χ0v) is 11.8. The maximum Gasteiger partial charge on any atom is 0.407 e. The van der Waals surface area contributed by atoms with Gasteiger partial charge in [0.1, 0.15) is 6.04 Å². The van der Waals surface area contributed by atoms with Crippen molar-refractivity contribution in [2.24, 2.45) is 5.41 Å². The van der Waals surface area contributed by atoms with Crippen LogP contribution in [0.5, 0.6) is 0 Å². The highest BCUT2D eigenvalue weighted by atomic mass is 16.5. The van der Waals surface area contributed by atoms with Crippen molar-refractivity contribution in [3.8, 4) is 0 Å². The van der Waals surface area contributed by atoms with Crippen LogP contribution in [0.4, 0.5) is 4.79 Å². The number of hydrogen-bond acceptors (Lipinski definition) is 4. The average molecular weight is 280 g/mol. The molecule has 1 fully saturated rings. The van der Waals surface area contributed by atoms with Gasteiger partial charge in [0.25, 0.3) is 0 Å². The van der Waals surface area contributed by atoms with Gasteiger partial charge in [0, 0.05) is 30.9 Å². The molecule has 1 unspecified atom stereocenters. The summed E-state index contributed by atoms with van der Waals surface area (Å²) in [5.74, 6) is -0.202. The highest BCUT2D eigenvalue weighted by Crippen LogP contribution is 2.46. The first-order valence-corrected chi connectivity index (χ1v) is 6.63. The lowest BCUT2D eigenvalue weighted by atomic mass is 10.1. The van der Waals surface area contributed by atoms with Gasteiger partial charge in [-0.3, -0.25) is 4.79 Å². The maximum atomic E-state index is 11.9. The molecule has 7 heteroatoms. The third-order valence-electron chi connectivity index (χ3n) is 3.58. The van der Waals surface area contributed by atoms with Gasteiger partial charge in [-0.25, -0.2) is 9.78 Å². The van der Waals surface area contributed by atoms with Crippen LogP contribution in [0.25, 0.3) is 0 Å². The summed E-state index contributed by atoms with van der Waals surface area (Å²) in [6.07, 6.45) is 7.02. The monoisotopic (exact) mass is 280 g/mol. The highest BCUT2D eigenvalue weighted by Gasteiger charge is 2.43. The lowest BCUT2D eigenvalue weighted by Crippen LogP contribution is -2.46. The van der Waals surface area contributed by atoms with E-state index in [0.717, 1.165) is 19.4 Å². The fourth-order valence-corrected chi connectivity index (χ4v) is 2.06. The minimum atomic E-state index is -0.605. The molecular formula is C13H20N4O3. The van der Waals surface area contributed by atoms with Crippen molar-refractivity contribution in [2.75, 3.05) is 13.7 Å². The first-order chi connectivity index (χ1) is 9.54. The van der Waals surface area contributed by atoms with Crippen LogP contribution in [0.1, 0.15) is 19.8 Å². The Kier molecular flexibility index (Phi) is 4.26. The van der Waals surface area contributed by atoms with Crippen molar-refractivity contribution < 1.29 is 14.3 Å². The molecule has 1 aromatic heterocycles. The van der Waals surface area contributed by atoms with Crippen LogP contribution in [0.15, 0.2) is 18.7 Å². The van der Waals surface area contributed by atoms with Crippen LogP contribution >= 0.6 is 0 Å². The van der Waals surface area contributed by atoms with E-state index in [2.05, 4.69) is 20.4 Å². The van der Waals surface area contributed by atoms with Gasteiger partial charge in [0.2, 0.25) is 5.91 Å². The summed E-state index contributed by atoms with van der Waals surface area (Å²) in [5, 5.41) is 5.33. The number of rotatable bonds is 6. The molecule has 0 spiro atoms. The van der Waals surface area contributed by atoms with E-state index in [-0.39, 0.29) is 11.3 Å². The van der Waals surface area contributed by atoms with Crippen molar-refractivity contribution in [1.82, 2.24) is 20.2 Å². The fourth-order valence-electron chi connectivity index (χ4n) is 2.06. The smallest absolute Gasteiger partial charge is 0.407 e. The van der Waals surface area contributed by atoms with Gasteiger partial charge in [-0.05, 0) is 19.8 Å². The molecule has 0 saturated heterocycles. The van der Waals surface area contributed by atoms with Crippen LogP contribution in [0, 0.1) is 5.41 Å². The first kappa shape index (κ1) is 14.4. The molecule has 1 atom stereocenters. The standard InChI is InChI=1S/C13H20N4O3/c1-10(16-12(19)20-2)11(18)15-7-13(3-4-13)8-17-6-5-14-9-17/h5-6,9-10H,3-4,7-8H2,1-2H3,(H,15,18)(H,16,19). The van der Waals surface area contributed by atoms with Crippen molar-refractivity contribution in [2.45, 2.75) is 32.4 Å². The van der Waals surface area contributed by atoms with E-state index in [4.69, 9.17) is 0 Å². The van der Waals surface area contributed by atoms with Gasteiger partial charge >= 0.3 is 6.09 Å². The Morgan fingerprint density at radius 2 is 2.25 bits per heavy atom. The molecule has 7 nitrogen and oxygen atoms in total. The highest BCUT2D eigenvalue weighted by molar-refractivity contribution is 5.85.